The smallest absolute Gasteiger partial charge is 0.292 e. The van der Waals surface area contributed by atoms with Crippen LogP contribution < -0.4 is 5.32 Å². The summed E-state index contributed by atoms with van der Waals surface area (Å²) in [5, 5.41) is 14.0. The molecule has 1 aliphatic rings. The minimum atomic E-state index is -0.382. The van der Waals surface area contributed by atoms with Gasteiger partial charge < -0.3 is 14.8 Å². The Hall–Kier alpha value is -1.18. The van der Waals surface area contributed by atoms with Gasteiger partial charge >= 0.3 is 0 Å². The van der Waals surface area contributed by atoms with E-state index in [1.54, 1.807) is 12.1 Å². The molecule has 116 valence electrons. The highest BCUT2D eigenvalue weighted by Crippen LogP contribution is 2.27. The molecule has 7 heteroatoms. The molecule has 0 unspecified atom stereocenters. The standard InChI is InChI=1S/C14H19BrN2O4/c15-11-2-3-14(17(18)19)13(10-11)16-6-1-7-21-12-4-8-20-9-5-12/h2-3,10,12,16H,1,4-9H2. The van der Waals surface area contributed by atoms with Gasteiger partial charge in [-0.25, -0.2) is 0 Å². The summed E-state index contributed by atoms with van der Waals surface area (Å²) in [6.45, 7) is 2.83. The van der Waals surface area contributed by atoms with Crippen LogP contribution in [0.1, 0.15) is 19.3 Å². The molecule has 0 radical (unpaired) electrons. The van der Waals surface area contributed by atoms with Crippen LogP contribution in [0.15, 0.2) is 22.7 Å². The predicted octanol–water partition coefficient (Wildman–Crippen LogP) is 3.35. The highest BCUT2D eigenvalue weighted by molar-refractivity contribution is 9.10. The van der Waals surface area contributed by atoms with Crippen LogP contribution in [-0.2, 0) is 9.47 Å². The van der Waals surface area contributed by atoms with Gasteiger partial charge in [0.2, 0.25) is 0 Å². The molecular formula is C14H19BrN2O4. The van der Waals surface area contributed by atoms with Gasteiger partial charge in [-0.15, -0.1) is 0 Å². The Morgan fingerprint density at radius 3 is 2.90 bits per heavy atom. The zero-order valence-electron chi connectivity index (χ0n) is 11.7. The lowest BCUT2D eigenvalue weighted by Crippen LogP contribution is -2.24. The lowest BCUT2D eigenvalue weighted by molar-refractivity contribution is -0.384. The summed E-state index contributed by atoms with van der Waals surface area (Å²) in [5.74, 6) is 0. The second kappa shape index (κ2) is 8.31. The van der Waals surface area contributed by atoms with Crippen LogP contribution in [0, 0.1) is 10.1 Å². The van der Waals surface area contributed by atoms with Crippen molar-refractivity contribution in [3.63, 3.8) is 0 Å². The zero-order chi connectivity index (χ0) is 15.1. The molecule has 2 rings (SSSR count). The molecule has 0 spiro atoms. The van der Waals surface area contributed by atoms with E-state index in [4.69, 9.17) is 9.47 Å². The number of nitrogens with one attached hydrogen (secondary N) is 1. The number of halogens is 1. The Labute approximate surface area is 132 Å². The van der Waals surface area contributed by atoms with Gasteiger partial charge in [0.15, 0.2) is 0 Å². The van der Waals surface area contributed by atoms with E-state index in [9.17, 15) is 10.1 Å². The third kappa shape index (κ3) is 5.26. The lowest BCUT2D eigenvalue weighted by atomic mass is 10.1. The quantitative estimate of drug-likeness (QED) is 0.459. The first kappa shape index (κ1) is 16.2. The van der Waals surface area contributed by atoms with E-state index < -0.39 is 0 Å². The second-order valence-electron chi connectivity index (χ2n) is 4.88. The Morgan fingerprint density at radius 2 is 2.19 bits per heavy atom. The van der Waals surface area contributed by atoms with Gasteiger partial charge in [-0.1, -0.05) is 15.9 Å². The first-order valence-corrected chi connectivity index (χ1v) is 7.83. The molecule has 1 N–H and O–H groups in total. The molecule has 1 heterocycles. The van der Waals surface area contributed by atoms with Gasteiger partial charge in [0.25, 0.3) is 5.69 Å². The molecule has 0 amide bonds. The van der Waals surface area contributed by atoms with Crippen LogP contribution in [0.5, 0.6) is 0 Å². The van der Waals surface area contributed by atoms with Crippen molar-refractivity contribution in [1.29, 1.82) is 0 Å². The minimum absolute atomic E-state index is 0.0866. The number of benzene rings is 1. The Morgan fingerprint density at radius 1 is 1.43 bits per heavy atom. The molecule has 0 atom stereocenters. The van der Waals surface area contributed by atoms with Crippen LogP contribution in [-0.4, -0.2) is 37.4 Å². The number of nitro benzene ring substituents is 1. The van der Waals surface area contributed by atoms with Gasteiger partial charge in [0, 0.05) is 36.9 Å². The number of nitro groups is 1. The molecular weight excluding hydrogens is 340 g/mol. The summed E-state index contributed by atoms with van der Waals surface area (Å²) in [5.41, 5.74) is 0.615. The van der Waals surface area contributed by atoms with Crippen molar-refractivity contribution in [2.75, 3.05) is 31.7 Å². The third-order valence-corrected chi connectivity index (χ3v) is 3.81. The van der Waals surface area contributed by atoms with Crippen LogP contribution in [0.25, 0.3) is 0 Å². The average Bonchev–Trinajstić information content (AvgIpc) is 2.48. The number of ether oxygens (including phenoxy) is 2. The van der Waals surface area contributed by atoms with Gasteiger partial charge in [0.1, 0.15) is 5.69 Å². The summed E-state index contributed by atoms with van der Waals surface area (Å²) >= 11 is 3.32. The minimum Gasteiger partial charge on any atom is -0.381 e. The average molecular weight is 359 g/mol. The largest absolute Gasteiger partial charge is 0.381 e. The first-order chi connectivity index (χ1) is 10.2. The SMILES string of the molecule is O=[N+]([O-])c1ccc(Br)cc1NCCCOC1CCOCC1. The predicted molar refractivity (Wildman–Crippen MR) is 83.7 cm³/mol. The van der Waals surface area contributed by atoms with Gasteiger partial charge in [-0.3, -0.25) is 10.1 Å². The summed E-state index contributed by atoms with van der Waals surface area (Å²) in [6.07, 6.45) is 3.00. The first-order valence-electron chi connectivity index (χ1n) is 7.04. The van der Waals surface area contributed by atoms with E-state index in [-0.39, 0.29) is 10.6 Å². The van der Waals surface area contributed by atoms with Crippen molar-refractivity contribution in [1.82, 2.24) is 0 Å². The van der Waals surface area contributed by atoms with Gasteiger partial charge in [0.05, 0.1) is 11.0 Å². The van der Waals surface area contributed by atoms with E-state index >= 15 is 0 Å². The number of hydrogen-bond donors (Lipinski definition) is 1. The number of hydrogen-bond acceptors (Lipinski definition) is 5. The molecule has 1 aromatic carbocycles. The fraction of sp³-hybridized carbons (Fsp3) is 0.571. The van der Waals surface area contributed by atoms with Crippen LogP contribution in [0.3, 0.4) is 0 Å². The number of nitrogens with zero attached hydrogens (tertiary/aromatic N) is 1. The summed E-state index contributed by atoms with van der Waals surface area (Å²) in [7, 11) is 0. The van der Waals surface area contributed by atoms with Crippen LogP contribution in [0.2, 0.25) is 0 Å². The maximum absolute atomic E-state index is 10.9. The molecule has 1 saturated heterocycles. The van der Waals surface area contributed by atoms with Crippen molar-refractivity contribution in [2.45, 2.75) is 25.4 Å². The highest BCUT2D eigenvalue weighted by Gasteiger charge is 2.15. The van der Waals surface area contributed by atoms with E-state index in [2.05, 4.69) is 21.2 Å². The van der Waals surface area contributed by atoms with E-state index in [0.29, 0.717) is 24.9 Å². The molecule has 0 aromatic heterocycles. The molecule has 21 heavy (non-hydrogen) atoms. The van der Waals surface area contributed by atoms with E-state index in [0.717, 1.165) is 36.9 Å². The number of rotatable bonds is 7. The second-order valence-corrected chi connectivity index (χ2v) is 5.80. The van der Waals surface area contributed by atoms with E-state index in [1.807, 2.05) is 0 Å². The molecule has 1 aliphatic heterocycles. The van der Waals surface area contributed by atoms with Crippen LogP contribution in [0.4, 0.5) is 11.4 Å². The third-order valence-electron chi connectivity index (χ3n) is 3.31. The number of anilines is 1. The van der Waals surface area contributed by atoms with Crippen molar-refractivity contribution < 1.29 is 14.4 Å². The van der Waals surface area contributed by atoms with Crippen molar-refractivity contribution >= 4 is 27.3 Å². The lowest BCUT2D eigenvalue weighted by Gasteiger charge is -2.22. The molecule has 6 nitrogen and oxygen atoms in total. The molecule has 0 saturated carbocycles. The maximum Gasteiger partial charge on any atom is 0.292 e. The molecule has 1 aromatic rings. The van der Waals surface area contributed by atoms with Crippen molar-refractivity contribution in [2.24, 2.45) is 0 Å². The normalized spacial score (nSPS) is 15.9. The summed E-state index contributed by atoms with van der Waals surface area (Å²) < 4.78 is 11.8. The fourth-order valence-electron chi connectivity index (χ4n) is 2.20. The fourth-order valence-corrected chi connectivity index (χ4v) is 2.56. The summed E-state index contributed by atoms with van der Waals surface area (Å²) in [4.78, 5) is 10.6. The molecule has 0 aliphatic carbocycles. The summed E-state index contributed by atoms with van der Waals surface area (Å²) in [6, 6.07) is 4.87. The maximum atomic E-state index is 10.9. The van der Waals surface area contributed by atoms with Gasteiger partial charge in [-0.2, -0.15) is 0 Å². The Bertz CT molecular complexity index is 478. The Kier molecular flexibility index (Phi) is 6.41. The zero-order valence-corrected chi connectivity index (χ0v) is 13.3. The van der Waals surface area contributed by atoms with Gasteiger partial charge in [-0.05, 0) is 31.4 Å². The monoisotopic (exact) mass is 358 g/mol. The van der Waals surface area contributed by atoms with Crippen molar-refractivity contribution in [3.8, 4) is 0 Å². The van der Waals surface area contributed by atoms with Crippen LogP contribution >= 0.6 is 15.9 Å². The Balaban J connectivity index is 1.73. The molecule has 1 fully saturated rings. The van der Waals surface area contributed by atoms with E-state index in [1.165, 1.54) is 6.07 Å². The van der Waals surface area contributed by atoms with Crippen molar-refractivity contribution in [3.05, 3.63) is 32.8 Å². The molecule has 0 bridgehead atoms. The topological polar surface area (TPSA) is 73.6 Å². The highest BCUT2D eigenvalue weighted by atomic mass is 79.9.